The van der Waals surface area contributed by atoms with Crippen molar-refractivity contribution in [3.63, 3.8) is 0 Å². The molecular formula is C20H28N2O7S2. The molecule has 0 aliphatic carbocycles. The molecule has 0 amide bonds. The summed E-state index contributed by atoms with van der Waals surface area (Å²) < 4.78 is 57.4. The van der Waals surface area contributed by atoms with Crippen LogP contribution in [0.15, 0.2) is 29.2 Å². The average molecular weight is 473 g/mol. The second-order valence-electron chi connectivity index (χ2n) is 8.33. The highest BCUT2D eigenvalue weighted by Gasteiger charge is 2.47. The molecule has 0 aromatic heterocycles. The maximum Gasteiger partial charge on any atom is 0.323 e. The third kappa shape index (κ3) is 6.20. The van der Waals surface area contributed by atoms with E-state index >= 15 is 0 Å². The van der Waals surface area contributed by atoms with Crippen LogP contribution >= 0.6 is 0 Å². The number of sulfonamides is 2. The quantitative estimate of drug-likeness (QED) is 0.618. The summed E-state index contributed by atoms with van der Waals surface area (Å²) in [6, 6.07) is 3.00. The summed E-state index contributed by atoms with van der Waals surface area (Å²) in [4.78, 5) is 11.7. The molecule has 2 rings (SSSR count). The Kier molecular flexibility index (Phi) is 7.43. The van der Waals surface area contributed by atoms with Gasteiger partial charge >= 0.3 is 5.97 Å². The van der Waals surface area contributed by atoms with E-state index in [4.69, 9.17) is 4.74 Å². The Bertz CT molecular complexity index is 1080. The van der Waals surface area contributed by atoms with Crippen molar-refractivity contribution in [3.05, 3.63) is 24.3 Å². The molecule has 1 fully saturated rings. The smallest absolute Gasteiger partial charge is 0.323 e. The first-order valence-electron chi connectivity index (χ1n) is 9.59. The van der Waals surface area contributed by atoms with E-state index in [0.717, 1.165) is 14.9 Å². The van der Waals surface area contributed by atoms with Crippen molar-refractivity contribution in [1.82, 2.24) is 8.61 Å². The van der Waals surface area contributed by atoms with Crippen LogP contribution in [0.25, 0.3) is 0 Å². The maximum absolute atomic E-state index is 13.1. The molecule has 11 heteroatoms. The number of carboxylic acids is 1. The standard InChI is InChI=1S/C20H28N2O7S2/c1-15-18(19(23)24)22(13-12-21(15)30(5,25)26)31(27,28)17-9-7-16(8-10-17)29-14-6-11-20(2,3)4/h7-10,15,18H,12-14H2,1-5H3,(H,23,24). The number of carboxylic acid groups (broad SMARTS) is 1. The third-order valence-corrected chi connectivity index (χ3v) is 7.91. The van der Waals surface area contributed by atoms with E-state index in [1.54, 1.807) is 0 Å². The summed E-state index contributed by atoms with van der Waals surface area (Å²) in [6.07, 6.45) is 0.969. The number of aliphatic carboxylic acids is 1. The Hall–Kier alpha value is -2.13. The lowest BCUT2D eigenvalue weighted by Gasteiger charge is -2.42. The molecule has 1 aromatic rings. The third-order valence-electron chi connectivity index (χ3n) is 4.65. The second kappa shape index (κ2) is 9.16. The van der Waals surface area contributed by atoms with Gasteiger partial charge in [-0.1, -0.05) is 11.8 Å². The van der Waals surface area contributed by atoms with Gasteiger partial charge in [0.2, 0.25) is 20.0 Å². The lowest BCUT2D eigenvalue weighted by atomic mass is 9.98. The molecule has 1 heterocycles. The van der Waals surface area contributed by atoms with Gasteiger partial charge in [0.15, 0.2) is 0 Å². The molecule has 0 saturated carbocycles. The van der Waals surface area contributed by atoms with E-state index in [2.05, 4.69) is 11.8 Å². The van der Waals surface area contributed by atoms with E-state index < -0.39 is 38.1 Å². The highest BCUT2D eigenvalue weighted by molar-refractivity contribution is 7.89. The minimum Gasteiger partial charge on any atom is -0.481 e. The Morgan fingerprint density at radius 3 is 2.16 bits per heavy atom. The van der Waals surface area contributed by atoms with Crippen molar-refractivity contribution >= 4 is 26.0 Å². The molecule has 0 radical (unpaired) electrons. The van der Waals surface area contributed by atoms with Gasteiger partial charge < -0.3 is 9.84 Å². The molecule has 9 nitrogen and oxygen atoms in total. The highest BCUT2D eigenvalue weighted by atomic mass is 32.2. The molecule has 172 valence electrons. The molecule has 0 bridgehead atoms. The number of benzene rings is 1. The van der Waals surface area contributed by atoms with Gasteiger partial charge in [-0.05, 0) is 52.0 Å². The van der Waals surface area contributed by atoms with Crippen LogP contribution in [-0.2, 0) is 24.8 Å². The fourth-order valence-electron chi connectivity index (χ4n) is 3.27. The normalized spacial score (nSPS) is 21.2. The lowest BCUT2D eigenvalue weighted by Crippen LogP contribution is -2.63. The Morgan fingerprint density at radius 1 is 1.13 bits per heavy atom. The molecular weight excluding hydrogens is 444 g/mol. The fraction of sp³-hybridized carbons (Fsp3) is 0.550. The van der Waals surface area contributed by atoms with Gasteiger partial charge in [0.25, 0.3) is 0 Å². The van der Waals surface area contributed by atoms with E-state index in [-0.39, 0.29) is 30.0 Å². The average Bonchev–Trinajstić information content (AvgIpc) is 2.63. The monoisotopic (exact) mass is 472 g/mol. The summed E-state index contributed by atoms with van der Waals surface area (Å²) >= 11 is 0. The zero-order valence-corrected chi connectivity index (χ0v) is 19.8. The van der Waals surface area contributed by atoms with Crippen molar-refractivity contribution in [2.45, 2.75) is 44.7 Å². The van der Waals surface area contributed by atoms with Gasteiger partial charge in [-0.2, -0.15) is 8.61 Å². The molecule has 1 aliphatic heterocycles. The Balaban J connectivity index is 2.23. The number of piperazine rings is 1. The summed E-state index contributed by atoms with van der Waals surface area (Å²) in [5.74, 6) is 4.92. The van der Waals surface area contributed by atoms with Gasteiger partial charge in [0.1, 0.15) is 18.4 Å². The van der Waals surface area contributed by atoms with Gasteiger partial charge in [-0.25, -0.2) is 16.8 Å². The molecule has 2 unspecified atom stereocenters. The first-order valence-corrected chi connectivity index (χ1v) is 12.9. The number of hydrogen-bond donors (Lipinski definition) is 1. The number of nitrogens with zero attached hydrogens (tertiary/aromatic N) is 2. The van der Waals surface area contributed by atoms with Crippen molar-refractivity contribution in [2.24, 2.45) is 5.41 Å². The summed E-state index contributed by atoms with van der Waals surface area (Å²) in [6.45, 7) is 7.06. The van der Waals surface area contributed by atoms with Crippen molar-refractivity contribution in [1.29, 1.82) is 0 Å². The van der Waals surface area contributed by atoms with Crippen LogP contribution in [0.5, 0.6) is 5.75 Å². The highest BCUT2D eigenvalue weighted by Crippen LogP contribution is 2.27. The fourth-order valence-corrected chi connectivity index (χ4v) is 6.04. The van der Waals surface area contributed by atoms with Crippen LogP contribution in [0, 0.1) is 17.3 Å². The maximum atomic E-state index is 13.1. The van der Waals surface area contributed by atoms with E-state index in [1.807, 2.05) is 20.8 Å². The van der Waals surface area contributed by atoms with E-state index in [9.17, 15) is 26.7 Å². The van der Waals surface area contributed by atoms with Crippen LogP contribution in [0.3, 0.4) is 0 Å². The second-order valence-corrected chi connectivity index (χ2v) is 12.2. The summed E-state index contributed by atoms with van der Waals surface area (Å²) in [5, 5.41) is 9.63. The molecule has 2 atom stereocenters. The number of rotatable bonds is 6. The van der Waals surface area contributed by atoms with Crippen molar-refractivity contribution in [2.75, 3.05) is 26.0 Å². The van der Waals surface area contributed by atoms with E-state index in [1.165, 1.54) is 31.2 Å². The number of ether oxygens (including phenoxy) is 1. The van der Waals surface area contributed by atoms with Gasteiger partial charge in [0.05, 0.1) is 11.2 Å². The first kappa shape index (κ1) is 25.1. The first-order chi connectivity index (χ1) is 14.1. The Labute approximate surface area is 184 Å². The number of carbonyl (C=O) groups is 1. The largest absolute Gasteiger partial charge is 0.481 e. The van der Waals surface area contributed by atoms with Gasteiger partial charge in [-0.15, -0.1) is 0 Å². The predicted molar refractivity (Wildman–Crippen MR) is 115 cm³/mol. The predicted octanol–water partition coefficient (Wildman–Crippen LogP) is 1.22. The molecule has 1 aliphatic rings. The zero-order valence-electron chi connectivity index (χ0n) is 18.2. The van der Waals surface area contributed by atoms with Crippen LogP contribution < -0.4 is 4.74 Å². The molecule has 1 aromatic carbocycles. The van der Waals surface area contributed by atoms with Crippen LogP contribution in [0.1, 0.15) is 27.7 Å². The SMILES string of the molecule is CC1C(C(=O)O)N(S(=O)(=O)c2ccc(OCC#CC(C)(C)C)cc2)CCN1S(C)(=O)=O. The van der Waals surface area contributed by atoms with Crippen LogP contribution in [-0.4, -0.2) is 74.6 Å². The summed E-state index contributed by atoms with van der Waals surface area (Å²) in [5.41, 5.74) is -0.153. The van der Waals surface area contributed by atoms with Gasteiger partial charge in [-0.3, -0.25) is 4.79 Å². The van der Waals surface area contributed by atoms with E-state index in [0.29, 0.717) is 5.75 Å². The molecule has 31 heavy (non-hydrogen) atoms. The summed E-state index contributed by atoms with van der Waals surface area (Å²) in [7, 11) is -7.85. The molecule has 0 spiro atoms. The number of hydrogen-bond acceptors (Lipinski definition) is 6. The zero-order chi connectivity index (χ0) is 23.6. The molecule has 1 saturated heterocycles. The lowest BCUT2D eigenvalue weighted by molar-refractivity contribution is -0.144. The van der Waals surface area contributed by atoms with Gasteiger partial charge in [0, 0.05) is 24.5 Å². The minimum absolute atomic E-state index is 0.105. The van der Waals surface area contributed by atoms with Crippen molar-refractivity contribution < 1.29 is 31.5 Å². The van der Waals surface area contributed by atoms with Crippen LogP contribution in [0.2, 0.25) is 0 Å². The minimum atomic E-state index is -4.17. The molecule has 1 N–H and O–H groups in total. The Morgan fingerprint density at radius 2 is 1.68 bits per heavy atom. The van der Waals surface area contributed by atoms with Crippen molar-refractivity contribution in [3.8, 4) is 17.6 Å². The van der Waals surface area contributed by atoms with Crippen LogP contribution in [0.4, 0.5) is 0 Å². The topological polar surface area (TPSA) is 121 Å².